The van der Waals surface area contributed by atoms with Gasteiger partial charge in [-0.2, -0.15) is 0 Å². The molecule has 0 aromatic heterocycles. The monoisotopic (exact) mass is 911 g/mol. The van der Waals surface area contributed by atoms with Gasteiger partial charge in [0.25, 0.3) is 11.4 Å². The van der Waals surface area contributed by atoms with Gasteiger partial charge >= 0.3 is 28.0 Å². The number of hydrogen-bond donors (Lipinski definition) is 8. The predicted octanol–water partition coefficient (Wildman–Crippen LogP) is 1.13. The molecule has 0 spiro atoms. The van der Waals surface area contributed by atoms with Crippen molar-refractivity contribution in [2.75, 3.05) is 0 Å². The van der Waals surface area contributed by atoms with Crippen LogP contribution in [0.1, 0.15) is 0 Å². The van der Waals surface area contributed by atoms with E-state index in [1.54, 1.807) is 0 Å². The Morgan fingerprint density at radius 3 is 1.42 bits per heavy atom. The Morgan fingerprint density at radius 1 is 0.885 bits per heavy atom. The van der Waals surface area contributed by atoms with Crippen molar-refractivity contribution in [2.45, 2.75) is 10.3 Å². The number of alkyl halides is 3. The molecule has 0 radical (unpaired) electrons. The van der Waals surface area contributed by atoms with E-state index in [2.05, 4.69) is 4.52 Å². The highest BCUT2D eigenvalue weighted by Gasteiger charge is 2.70. The highest BCUT2D eigenvalue weighted by atomic mass is 127. The maximum Gasteiger partial charge on any atom is 0.389 e. The second-order valence-electron chi connectivity index (χ2n) is 4.29. The van der Waals surface area contributed by atoms with E-state index in [0.29, 0.717) is 22.0 Å². The largest absolute Gasteiger partial charge is 0.389 e. The lowest BCUT2D eigenvalue weighted by molar-refractivity contribution is -0.122. The highest BCUT2D eigenvalue weighted by Crippen LogP contribution is 2.74. The third kappa shape index (κ3) is 8.26. The molecule has 1 amide bonds. The van der Waals surface area contributed by atoms with Gasteiger partial charge in [-0.25, -0.2) is 4.57 Å². The number of halogens is 4. The summed E-state index contributed by atoms with van der Waals surface area (Å²) in [5.41, 5.74) is -4.21. The molecule has 0 heterocycles. The zero-order valence-corrected chi connectivity index (χ0v) is 23.7. The topological polar surface area (TPSA) is 248 Å². The number of hydrogen-bond acceptors (Lipinski definition) is 6. The van der Waals surface area contributed by atoms with Crippen LogP contribution in [0.4, 0.5) is 0 Å². The van der Waals surface area contributed by atoms with E-state index < -0.39 is 44.2 Å². The number of rotatable bonds is 8. The molecule has 14 nitrogen and oxygen atoms in total. The third-order valence-electron chi connectivity index (χ3n) is 2.22. The molecular weight excluding hydrogens is 902 g/mol. The fourth-order valence-electron chi connectivity index (χ4n) is 1.47. The lowest BCUT2D eigenvalue weighted by Crippen LogP contribution is -2.59. The van der Waals surface area contributed by atoms with Gasteiger partial charge < -0.3 is 39.6 Å². The van der Waals surface area contributed by atoms with Gasteiger partial charge in [-0.3, -0.25) is 23.0 Å². The average Bonchev–Trinajstić information content (AvgIpc) is 2.18. The maximum absolute atomic E-state index is 12.1. The number of amides is 1. The van der Waals surface area contributed by atoms with Gasteiger partial charge in [-0.1, -0.05) is 0 Å². The van der Waals surface area contributed by atoms with Crippen molar-refractivity contribution in [1.29, 1.82) is 0 Å². The molecule has 0 aliphatic carbocycles. The van der Waals surface area contributed by atoms with Crippen LogP contribution in [0.5, 0.6) is 0 Å². The van der Waals surface area contributed by atoms with Crippen molar-refractivity contribution < 1.29 is 61.8 Å². The second kappa shape index (κ2) is 9.23. The standard InChI is InChI=1S/C4H9I4NO13P4/c5-3(6,7)1(10)9-4(25(17,18)19,22-26(8,20)21)2(23(11,12)13)24(14,15)16/h2H,(H,9,10)(H,20,21)(H2,11,12,13)(H2,14,15,16)(H2,17,18,19). The smallest absolute Gasteiger partial charge is 0.324 e. The molecule has 26 heavy (non-hydrogen) atoms. The zero-order valence-electron chi connectivity index (χ0n) is 11.5. The molecule has 0 aromatic rings. The minimum atomic E-state index is -6.26. The van der Waals surface area contributed by atoms with E-state index in [1.165, 1.54) is 73.1 Å². The molecule has 0 bridgehead atoms. The first-order valence-electron chi connectivity index (χ1n) is 5.24. The fraction of sp³-hybridized carbons (Fsp3) is 0.750. The van der Waals surface area contributed by atoms with E-state index >= 15 is 0 Å². The van der Waals surface area contributed by atoms with Crippen LogP contribution >= 0.6 is 118 Å². The van der Waals surface area contributed by atoms with E-state index in [0.717, 1.165) is 0 Å². The Kier molecular flexibility index (Phi) is 10.3. The SMILES string of the molecule is O=C(NC(OP(=O)(O)I)(C(P(=O)(O)O)P(=O)(O)O)P(=O)(O)O)C(I)(I)I. The quantitative estimate of drug-likeness (QED) is 0.0738. The molecule has 0 rings (SSSR count). The molecule has 8 N–H and O–H groups in total. The molecule has 0 saturated carbocycles. The molecule has 0 aliphatic rings. The van der Waals surface area contributed by atoms with Crippen molar-refractivity contribution in [2.24, 2.45) is 0 Å². The van der Waals surface area contributed by atoms with Gasteiger partial charge in [0.1, 0.15) is 0 Å². The molecule has 22 heteroatoms. The average molecular weight is 911 g/mol. The number of carbonyl (C=O) groups excluding carboxylic acids is 1. The molecule has 0 aromatic carbocycles. The lowest BCUT2D eigenvalue weighted by atomic mass is 10.5. The summed E-state index contributed by atoms with van der Waals surface area (Å²) in [7, 11) is -18.6. The van der Waals surface area contributed by atoms with Crippen LogP contribution in [-0.4, -0.2) is 50.5 Å². The Morgan fingerprint density at radius 2 is 1.23 bits per heavy atom. The summed E-state index contributed by atoms with van der Waals surface area (Å²) >= 11 is 4.80. The van der Waals surface area contributed by atoms with Gasteiger partial charge in [0.15, 0.2) is 0 Å². The molecule has 2 unspecified atom stereocenters. The van der Waals surface area contributed by atoms with Crippen LogP contribution in [0.3, 0.4) is 0 Å². The number of nitrogens with one attached hydrogen (secondary N) is 1. The normalized spacial score (nSPS) is 18.9. The summed E-state index contributed by atoms with van der Waals surface area (Å²) in [5.74, 6) is -1.43. The first kappa shape index (κ1) is 29.0. The van der Waals surface area contributed by atoms with Crippen LogP contribution in [0.25, 0.3) is 0 Å². The van der Waals surface area contributed by atoms with Crippen molar-refractivity contribution in [3.8, 4) is 0 Å². The Hall–Kier alpha value is 2.99. The van der Waals surface area contributed by atoms with E-state index in [4.69, 9.17) is 0 Å². The molecule has 0 saturated heterocycles. The third-order valence-corrected chi connectivity index (χ3v) is 10.5. The first-order chi connectivity index (χ1) is 11.0. The maximum atomic E-state index is 12.1. The van der Waals surface area contributed by atoms with Crippen LogP contribution in [0, 0.1) is 0 Å². The lowest BCUT2D eigenvalue weighted by Gasteiger charge is -2.40. The Labute approximate surface area is 198 Å². The van der Waals surface area contributed by atoms with Gasteiger partial charge in [0.05, 0.1) is 22.0 Å². The predicted molar refractivity (Wildman–Crippen MR) is 121 cm³/mol. The van der Waals surface area contributed by atoms with Crippen molar-refractivity contribution in [3.05, 3.63) is 0 Å². The van der Waals surface area contributed by atoms with Crippen molar-refractivity contribution >= 4 is 124 Å². The Balaban J connectivity index is 7.08. The summed E-state index contributed by atoms with van der Waals surface area (Å²) in [4.78, 5) is 77.7. The summed E-state index contributed by atoms with van der Waals surface area (Å²) in [6.07, 6.45) is 0. The summed E-state index contributed by atoms with van der Waals surface area (Å²) in [5, 5.41) is -7.49. The van der Waals surface area contributed by atoms with Gasteiger partial charge in [0.2, 0.25) is 4.84 Å². The van der Waals surface area contributed by atoms with Crippen molar-refractivity contribution in [3.63, 3.8) is 0 Å². The highest BCUT2D eigenvalue weighted by molar-refractivity contribution is 14.3. The summed E-state index contributed by atoms with van der Waals surface area (Å²) in [6.45, 7) is 0. The minimum absolute atomic E-state index is 0.582. The Bertz CT molecular complexity index is 720. The molecule has 156 valence electrons. The van der Waals surface area contributed by atoms with Crippen molar-refractivity contribution in [1.82, 2.24) is 5.32 Å². The van der Waals surface area contributed by atoms with E-state index in [1.807, 2.05) is 0 Å². The second-order valence-corrected chi connectivity index (χ2v) is 25.6. The minimum Gasteiger partial charge on any atom is -0.324 e. The fourth-order valence-corrected chi connectivity index (χ4v) is 9.76. The van der Waals surface area contributed by atoms with Crippen LogP contribution in [0.2, 0.25) is 0 Å². The van der Waals surface area contributed by atoms with Crippen LogP contribution in [0.15, 0.2) is 0 Å². The molecule has 0 fully saturated rings. The zero-order chi connectivity index (χ0) is 21.6. The number of carbonyl (C=O) groups is 1. The van der Waals surface area contributed by atoms with Crippen LogP contribution in [-0.2, 0) is 27.6 Å². The first-order valence-corrected chi connectivity index (χ1v) is 17.8. The van der Waals surface area contributed by atoms with Gasteiger partial charge in [0, 0.05) is 0 Å². The van der Waals surface area contributed by atoms with E-state index in [-0.39, 0.29) is 0 Å². The van der Waals surface area contributed by atoms with Gasteiger partial charge in [-0.05, 0) is 67.8 Å². The summed E-state index contributed by atoms with van der Waals surface area (Å²) < 4.78 is 49.4. The van der Waals surface area contributed by atoms with E-state index in [9.17, 15) is 57.3 Å². The molecule has 0 aliphatic heterocycles. The summed E-state index contributed by atoms with van der Waals surface area (Å²) in [6, 6.07) is 0. The van der Waals surface area contributed by atoms with Crippen LogP contribution < -0.4 is 5.32 Å². The van der Waals surface area contributed by atoms with Gasteiger partial charge in [-0.15, -0.1) is 0 Å². The molecule has 2 atom stereocenters. The molecular formula is C4H9I4NO13P4.